The second-order valence-electron chi connectivity index (χ2n) is 8.81. The van der Waals surface area contributed by atoms with Crippen molar-refractivity contribution >= 4 is 22.5 Å². The van der Waals surface area contributed by atoms with Crippen molar-refractivity contribution in [3.63, 3.8) is 0 Å². The van der Waals surface area contributed by atoms with E-state index >= 15 is 0 Å². The number of fused-ring (bicyclic) bond motifs is 1. The van der Waals surface area contributed by atoms with Gasteiger partial charge < -0.3 is 9.64 Å². The number of piperazine rings is 1. The van der Waals surface area contributed by atoms with Crippen LogP contribution in [0.5, 0.6) is 5.75 Å². The molecule has 0 saturated carbocycles. The van der Waals surface area contributed by atoms with Crippen molar-refractivity contribution in [1.82, 2.24) is 9.80 Å². The van der Waals surface area contributed by atoms with Crippen molar-refractivity contribution in [1.29, 1.82) is 0 Å². The van der Waals surface area contributed by atoms with Crippen LogP contribution in [0.25, 0.3) is 10.8 Å². The van der Waals surface area contributed by atoms with Crippen LogP contribution in [0.4, 0.5) is 4.39 Å². The van der Waals surface area contributed by atoms with Gasteiger partial charge in [0, 0.05) is 37.1 Å². The normalized spacial score (nSPS) is 19.0. The van der Waals surface area contributed by atoms with Crippen LogP contribution in [0, 0.1) is 5.82 Å². The Morgan fingerprint density at radius 3 is 2.42 bits per heavy atom. The van der Waals surface area contributed by atoms with Gasteiger partial charge in [0.15, 0.2) is 12.4 Å². The van der Waals surface area contributed by atoms with E-state index in [0.29, 0.717) is 24.4 Å². The lowest BCUT2D eigenvalue weighted by atomic mass is 10.0. The fourth-order valence-electron chi connectivity index (χ4n) is 4.48. The highest BCUT2D eigenvalue weighted by molar-refractivity contribution is 6.03. The van der Waals surface area contributed by atoms with Crippen LogP contribution >= 0.6 is 0 Å². The maximum Gasteiger partial charge on any atom is 0.260 e. The molecule has 3 aromatic carbocycles. The fourth-order valence-corrected chi connectivity index (χ4v) is 4.48. The van der Waals surface area contributed by atoms with Gasteiger partial charge in [-0.15, -0.1) is 0 Å². The molecule has 1 saturated heterocycles. The van der Waals surface area contributed by atoms with E-state index in [1.807, 2.05) is 42.2 Å². The molecule has 1 fully saturated rings. The number of ketones is 1. The van der Waals surface area contributed by atoms with Crippen molar-refractivity contribution in [2.45, 2.75) is 39.4 Å². The molecule has 6 heteroatoms. The minimum absolute atomic E-state index is 0.0116. The van der Waals surface area contributed by atoms with Gasteiger partial charge in [0.25, 0.3) is 5.91 Å². The smallest absolute Gasteiger partial charge is 0.260 e. The standard InChI is InChI=1S/C27H29FN2O3/c1-18-15-30(19(2)14-29(18)16-21-8-11-23(28)12-9-21)26(32)17-33-27-24(20(3)31)13-10-22-6-4-5-7-25(22)27/h4-13,18-19H,14-17H2,1-3H3/t18-,19+/m1/s1. The van der Waals surface area contributed by atoms with E-state index in [2.05, 4.69) is 11.8 Å². The number of hydrogen-bond acceptors (Lipinski definition) is 4. The topological polar surface area (TPSA) is 49.9 Å². The molecule has 172 valence electrons. The monoisotopic (exact) mass is 448 g/mol. The van der Waals surface area contributed by atoms with Crippen LogP contribution in [-0.4, -0.2) is 53.3 Å². The molecule has 0 unspecified atom stereocenters. The first-order chi connectivity index (χ1) is 15.8. The van der Waals surface area contributed by atoms with E-state index in [1.165, 1.54) is 19.1 Å². The van der Waals surface area contributed by atoms with Gasteiger partial charge in [0.2, 0.25) is 0 Å². The number of carbonyl (C=O) groups is 2. The molecule has 0 radical (unpaired) electrons. The summed E-state index contributed by atoms with van der Waals surface area (Å²) in [6.07, 6.45) is 0. The van der Waals surface area contributed by atoms with E-state index in [1.54, 1.807) is 18.2 Å². The van der Waals surface area contributed by atoms with Gasteiger partial charge in [-0.05, 0) is 49.9 Å². The van der Waals surface area contributed by atoms with E-state index in [9.17, 15) is 14.0 Å². The van der Waals surface area contributed by atoms with Crippen molar-refractivity contribution in [2.75, 3.05) is 19.7 Å². The maximum absolute atomic E-state index is 13.2. The summed E-state index contributed by atoms with van der Waals surface area (Å²) in [5, 5.41) is 1.78. The lowest BCUT2D eigenvalue weighted by molar-refractivity contribution is -0.139. The summed E-state index contributed by atoms with van der Waals surface area (Å²) >= 11 is 0. The molecule has 0 N–H and O–H groups in total. The minimum atomic E-state index is -0.241. The van der Waals surface area contributed by atoms with Crippen LogP contribution in [-0.2, 0) is 11.3 Å². The van der Waals surface area contributed by atoms with Gasteiger partial charge >= 0.3 is 0 Å². The summed E-state index contributed by atoms with van der Waals surface area (Å²) in [6.45, 7) is 7.51. The number of Topliss-reactive ketones (excluding diaryl/α,β-unsaturated/α-hetero) is 1. The Labute approximate surface area is 193 Å². The van der Waals surface area contributed by atoms with Crippen LogP contribution < -0.4 is 4.74 Å². The minimum Gasteiger partial charge on any atom is -0.482 e. The predicted molar refractivity (Wildman–Crippen MR) is 127 cm³/mol. The largest absolute Gasteiger partial charge is 0.482 e. The lowest BCUT2D eigenvalue weighted by Crippen LogP contribution is -2.58. The maximum atomic E-state index is 13.2. The molecule has 2 atom stereocenters. The first-order valence-electron chi connectivity index (χ1n) is 11.3. The zero-order valence-corrected chi connectivity index (χ0v) is 19.3. The van der Waals surface area contributed by atoms with Crippen molar-refractivity contribution in [3.05, 3.63) is 77.6 Å². The molecular formula is C27H29FN2O3. The Bertz CT molecular complexity index is 1160. The molecule has 0 aromatic heterocycles. The molecule has 3 aromatic rings. The van der Waals surface area contributed by atoms with E-state index in [4.69, 9.17) is 4.74 Å². The van der Waals surface area contributed by atoms with Gasteiger partial charge in [0.1, 0.15) is 11.6 Å². The third kappa shape index (κ3) is 5.06. The Morgan fingerprint density at radius 1 is 0.970 bits per heavy atom. The Kier molecular flexibility index (Phi) is 6.75. The van der Waals surface area contributed by atoms with Crippen molar-refractivity contribution in [3.8, 4) is 5.75 Å². The quantitative estimate of drug-likeness (QED) is 0.514. The third-order valence-corrected chi connectivity index (χ3v) is 6.33. The molecule has 1 aliphatic rings. The first kappa shape index (κ1) is 22.9. The molecule has 5 nitrogen and oxygen atoms in total. The number of hydrogen-bond donors (Lipinski definition) is 0. The van der Waals surface area contributed by atoms with Gasteiger partial charge in [-0.25, -0.2) is 4.39 Å². The predicted octanol–water partition coefficient (Wildman–Crippen LogP) is 4.68. The van der Waals surface area contributed by atoms with Crippen LogP contribution in [0.2, 0.25) is 0 Å². The average Bonchev–Trinajstić information content (AvgIpc) is 2.80. The Balaban J connectivity index is 1.44. The summed E-state index contributed by atoms with van der Waals surface area (Å²) in [7, 11) is 0. The lowest BCUT2D eigenvalue weighted by Gasteiger charge is -2.44. The summed E-state index contributed by atoms with van der Waals surface area (Å²) in [5.41, 5.74) is 1.53. The summed E-state index contributed by atoms with van der Waals surface area (Å²) in [4.78, 5) is 29.4. The average molecular weight is 449 g/mol. The third-order valence-electron chi connectivity index (χ3n) is 6.33. The van der Waals surface area contributed by atoms with Gasteiger partial charge in [-0.2, -0.15) is 0 Å². The number of amides is 1. The highest BCUT2D eigenvalue weighted by Crippen LogP contribution is 2.30. The van der Waals surface area contributed by atoms with Gasteiger partial charge in [-0.1, -0.05) is 42.5 Å². The Hall–Kier alpha value is -3.25. The number of halogens is 1. The van der Waals surface area contributed by atoms with Crippen LogP contribution in [0.1, 0.15) is 36.7 Å². The summed E-state index contributed by atoms with van der Waals surface area (Å²) in [5.74, 6) is 0.0251. The SMILES string of the molecule is CC(=O)c1ccc2ccccc2c1OCC(=O)N1C[C@@H](C)N(Cc2ccc(F)cc2)C[C@@H]1C. The summed E-state index contributed by atoms with van der Waals surface area (Å²) < 4.78 is 19.2. The highest BCUT2D eigenvalue weighted by Gasteiger charge is 2.32. The van der Waals surface area contributed by atoms with Gasteiger partial charge in [0.05, 0.1) is 5.56 Å². The molecule has 4 rings (SSSR count). The first-order valence-corrected chi connectivity index (χ1v) is 11.3. The number of rotatable bonds is 6. The van der Waals surface area contributed by atoms with Crippen molar-refractivity contribution in [2.24, 2.45) is 0 Å². The van der Waals surface area contributed by atoms with Gasteiger partial charge in [-0.3, -0.25) is 14.5 Å². The zero-order chi connectivity index (χ0) is 23.5. The van der Waals surface area contributed by atoms with Crippen LogP contribution in [0.3, 0.4) is 0 Å². The van der Waals surface area contributed by atoms with Crippen LogP contribution in [0.15, 0.2) is 60.7 Å². The number of benzene rings is 3. The zero-order valence-electron chi connectivity index (χ0n) is 19.3. The molecule has 33 heavy (non-hydrogen) atoms. The molecule has 1 heterocycles. The fraction of sp³-hybridized carbons (Fsp3) is 0.333. The summed E-state index contributed by atoms with van der Waals surface area (Å²) in [6, 6.07) is 18.0. The number of carbonyl (C=O) groups excluding carboxylic acids is 2. The van der Waals surface area contributed by atoms with E-state index in [-0.39, 0.29) is 36.2 Å². The highest BCUT2D eigenvalue weighted by atomic mass is 19.1. The van der Waals surface area contributed by atoms with Crippen molar-refractivity contribution < 1.29 is 18.7 Å². The second-order valence-corrected chi connectivity index (χ2v) is 8.81. The molecule has 0 bridgehead atoms. The number of ether oxygens (including phenoxy) is 1. The molecule has 1 amide bonds. The Morgan fingerprint density at radius 2 is 1.70 bits per heavy atom. The number of nitrogens with zero attached hydrogens (tertiary/aromatic N) is 2. The second kappa shape index (κ2) is 9.71. The van der Waals surface area contributed by atoms with E-state index < -0.39 is 0 Å². The van der Waals surface area contributed by atoms with E-state index in [0.717, 1.165) is 22.9 Å². The molecular weight excluding hydrogens is 419 g/mol. The molecule has 0 spiro atoms. The molecule has 0 aliphatic carbocycles. The molecule has 1 aliphatic heterocycles.